The van der Waals surface area contributed by atoms with Crippen LogP contribution in [0.3, 0.4) is 0 Å². The maximum absolute atomic E-state index is 5.60. The zero-order chi connectivity index (χ0) is 13.9. The number of hydrogen-bond donors (Lipinski definition) is 2. The molecule has 1 aromatic rings. The van der Waals surface area contributed by atoms with Gasteiger partial charge < -0.3 is 15.0 Å². The Bertz CT molecular complexity index is 429. The Balaban J connectivity index is 1.50. The van der Waals surface area contributed by atoms with Gasteiger partial charge in [0.1, 0.15) is 5.82 Å². The lowest BCUT2D eigenvalue weighted by molar-refractivity contribution is -0.0245. The van der Waals surface area contributed by atoms with Crippen molar-refractivity contribution in [1.82, 2.24) is 20.5 Å². The van der Waals surface area contributed by atoms with E-state index in [9.17, 15) is 0 Å². The Morgan fingerprint density at radius 3 is 3.00 bits per heavy atom. The molecule has 2 aliphatic rings. The molecule has 2 fully saturated rings. The standard InChI is InChI=1S/C14H25N5O/c1-3-20-12-6-11(7-12)8-13-16-14(18-17-13)19-5-4-15-10(2)9-19/h10-12,15H,3-9H2,1-2H3,(H,16,17,18). The molecule has 0 spiro atoms. The molecule has 1 unspecified atom stereocenters. The van der Waals surface area contributed by atoms with E-state index < -0.39 is 0 Å². The van der Waals surface area contributed by atoms with Gasteiger partial charge >= 0.3 is 0 Å². The number of hydrogen-bond acceptors (Lipinski definition) is 5. The molecule has 1 aliphatic carbocycles. The average molecular weight is 279 g/mol. The fourth-order valence-electron chi connectivity index (χ4n) is 3.12. The van der Waals surface area contributed by atoms with Crippen LogP contribution >= 0.6 is 0 Å². The molecule has 0 radical (unpaired) electrons. The van der Waals surface area contributed by atoms with Crippen molar-refractivity contribution in [1.29, 1.82) is 0 Å². The summed E-state index contributed by atoms with van der Waals surface area (Å²) >= 11 is 0. The molecular formula is C14H25N5O. The molecule has 6 heteroatoms. The van der Waals surface area contributed by atoms with Crippen molar-refractivity contribution in [3.8, 4) is 0 Å². The van der Waals surface area contributed by atoms with Gasteiger partial charge in [-0.1, -0.05) is 0 Å². The molecule has 2 N–H and O–H groups in total. The number of nitrogens with one attached hydrogen (secondary N) is 2. The largest absolute Gasteiger partial charge is 0.378 e. The van der Waals surface area contributed by atoms with Crippen LogP contribution in [0, 0.1) is 5.92 Å². The second kappa shape index (κ2) is 6.10. The SMILES string of the molecule is CCOC1CC(Cc2nc(N3CCNC(C)C3)n[nH]2)C1. The number of anilines is 1. The number of aromatic amines is 1. The summed E-state index contributed by atoms with van der Waals surface area (Å²) in [6.45, 7) is 8.05. The summed E-state index contributed by atoms with van der Waals surface area (Å²) in [7, 11) is 0. The average Bonchev–Trinajstić information content (AvgIpc) is 2.85. The monoisotopic (exact) mass is 279 g/mol. The van der Waals surface area contributed by atoms with Gasteiger partial charge in [0.15, 0.2) is 0 Å². The van der Waals surface area contributed by atoms with Gasteiger partial charge in [-0.2, -0.15) is 4.98 Å². The highest BCUT2D eigenvalue weighted by atomic mass is 16.5. The lowest BCUT2D eigenvalue weighted by atomic mass is 9.80. The molecule has 0 bridgehead atoms. The van der Waals surface area contributed by atoms with Crippen LogP contribution in [-0.2, 0) is 11.2 Å². The molecule has 2 heterocycles. The van der Waals surface area contributed by atoms with E-state index in [2.05, 4.69) is 39.2 Å². The number of H-pyrrole nitrogens is 1. The summed E-state index contributed by atoms with van der Waals surface area (Å²) in [4.78, 5) is 6.91. The number of piperazine rings is 1. The quantitative estimate of drug-likeness (QED) is 0.840. The zero-order valence-electron chi connectivity index (χ0n) is 12.4. The number of nitrogens with zero attached hydrogens (tertiary/aromatic N) is 3. The first kappa shape index (κ1) is 13.8. The molecular weight excluding hydrogens is 254 g/mol. The van der Waals surface area contributed by atoms with Gasteiger partial charge in [-0.3, -0.25) is 5.10 Å². The van der Waals surface area contributed by atoms with Crippen molar-refractivity contribution in [3.63, 3.8) is 0 Å². The number of aromatic nitrogens is 3. The molecule has 6 nitrogen and oxygen atoms in total. The molecule has 1 saturated carbocycles. The molecule has 112 valence electrons. The van der Waals surface area contributed by atoms with Crippen LogP contribution in [0.2, 0.25) is 0 Å². The third kappa shape index (κ3) is 3.12. The van der Waals surface area contributed by atoms with Gasteiger partial charge in [-0.05, 0) is 32.6 Å². The van der Waals surface area contributed by atoms with Crippen LogP contribution < -0.4 is 10.2 Å². The van der Waals surface area contributed by atoms with E-state index in [1.54, 1.807) is 0 Å². The van der Waals surface area contributed by atoms with Crippen molar-refractivity contribution in [2.75, 3.05) is 31.1 Å². The van der Waals surface area contributed by atoms with Gasteiger partial charge in [-0.15, -0.1) is 5.10 Å². The van der Waals surface area contributed by atoms with E-state index in [1.807, 2.05) is 0 Å². The van der Waals surface area contributed by atoms with Gasteiger partial charge in [0.2, 0.25) is 5.95 Å². The van der Waals surface area contributed by atoms with E-state index in [0.29, 0.717) is 18.1 Å². The maximum Gasteiger partial charge on any atom is 0.244 e. The third-order valence-electron chi connectivity index (χ3n) is 4.25. The summed E-state index contributed by atoms with van der Waals surface area (Å²) in [5.74, 6) is 2.58. The lowest BCUT2D eigenvalue weighted by Crippen LogP contribution is -2.49. The summed E-state index contributed by atoms with van der Waals surface area (Å²) < 4.78 is 5.60. The molecule has 1 aromatic heterocycles. The first-order chi connectivity index (χ1) is 9.74. The van der Waals surface area contributed by atoms with Crippen LogP contribution in [0.5, 0.6) is 0 Å². The van der Waals surface area contributed by atoms with Gasteiger partial charge in [-0.25, -0.2) is 0 Å². The number of rotatable bonds is 5. The summed E-state index contributed by atoms with van der Waals surface area (Å²) in [6.07, 6.45) is 3.79. The Labute approximate surface area is 120 Å². The highest BCUT2D eigenvalue weighted by molar-refractivity contribution is 5.30. The van der Waals surface area contributed by atoms with Gasteiger partial charge in [0.05, 0.1) is 6.10 Å². The van der Waals surface area contributed by atoms with Crippen LogP contribution in [0.25, 0.3) is 0 Å². The minimum Gasteiger partial charge on any atom is -0.378 e. The Morgan fingerprint density at radius 2 is 2.25 bits per heavy atom. The second-order valence-electron chi connectivity index (χ2n) is 6.00. The fraction of sp³-hybridized carbons (Fsp3) is 0.857. The normalized spacial score (nSPS) is 30.3. The van der Waals surface area contributed by atoms with E-state index in [0.717, 1.165) is 57.3 Å². The first-order valence-electron chi connectivity index (χ1n) is 7.75. The Morgan fingerprint density at radius 1 is 1.40 bits per heavy atom. The smallest absolute Gasteiger partial charge is 0.244 e. The highest BCUT2D eigenvalue weighted by Gasteiger charge is 2.30. The van der Waals surface area contributed by atoms with Crippen LogP contribution in [0.15, 0.2) is 0 Å². The van der Waals surface area contributed by atoms with Crippen molar-refractivity contribution < 1.29 is 4.74 Å². The van der Waals surface area contributed by atoms with Crippen molar-refractivity contribution in [3.05, 3.63) is 5.82 Å². The molecule has 1 aliphatic heterocycles. The Hall–Kier alpha value is -1.14. The van der Waals surface area contributed by atoms with E-state index >= 15 is 0 Å². The number of ether oxygens (including phenoxy) is 1. The lowest BCUT2D eigenvalue weighted by Gasteiger charge is -2.34. The van der Waals surface area contributed by atoms with Crippen molar-refractivity contribution >= 4 is 5.95 Å². The topological polar surface area (TPSA) is 66.1 Å². The summed E-state index contributed by atoms with van der Waals surface area (Å²) in [6, 6.07) is 0.504. The second-order valence-corrected chi connectivity index (χ2v) is 6.00. The molecule has 0 aromatic carbocycles. The van der Waals surface area contributed by atoms with Crippen LogP contribution in [-0.4, -0.2) is 53.6 Å². The van der Waals surface area contributed by atoms with Crippen LogP contribution in [0.1, 0.15) is 32.5 Å². The maximum atomic E-state index is 5.60. The molecule has 20 heavy (non-hydrogen) atoms. The van der Waals surface area contributed by atoms with Crippen LogP contribution in [0.4, 0.5) is 5.95 Å². The van der Waals surface area contributed by atoms with Crippen molar-refractivity contribution in [2.24, 2.45) is 5.92 Å². The molecule has 3 rings (SSSR count). The Kier molecular flexibility index (Phi) is 4.21. The minimum absolute atomic E-state index is 0.474. The van der Waals surface area contributed by atoms with E-state index in [-0.39, 0.29) is 0 Å². The van der Waals surface area contributed by atoms with E-state index in [4.69, 9.17) is 4.74 Å². The minimum atomic E-state index is 0.474. The van der Waals surface area contributed by atoms with E-state index in [1.165, 1.54) is 0 Å². The molecule has 1 atom stereocenters. The predicted molar refractivity (Wildman–Crippen MR) is 77.9 cm³/mol. The first-order valence-corrected chi connectivity index (χ1v) is 7.75. The van der Waals surface area contributed by atoms with Gasteiger partial charge in [0, 0.05) is 38.7 Å². The third-order valence-corrected chi connectivity index (χ3v) is 4.25. The van der Waals surface area contributed by atoms with Crippen molar-refractivity contribution in [2.45, 2.75) is 45.3 Å². The predicted octanol–water partition coefficient (Wildman–Crippen LogP) is 0.960. The molecule has 1 saturated heterocycles. The zero-order valence-corrected chi connectivity index (χ0v) is 12.4. The van der Waals surface area contributed by atoms with Gasteiger partial charge in [0.25, 0.3) is 0 Å². The summed E-state index contributed by atoms with van der Waals surface area (Å²) in [5.41, 5.74) is 0. The highest BCUT2D eigenvalue weighted by Crippen LogP contribution is 2.32. The summed E-state index contributed by atoms with van der Waals surface area (Å²) in [5, 5.41) is 10.9. The fourth-order valence-corrected chi connectivity index (χ4v) is 3.12. The molecule has 0 amide bonds.